The molecule has 0 unspecified atom stereocenters. The molecule has 0 spiro atoms. The molecule has 2 amide bonds. The van der Waals surface area contributed by atoms with Crippen molar-refractivity contribution < 1.29 is 9.59 Å². The number of benzene rings is 2. The predicted molar refractivity (Wildman–Crippen MR) is 96.6 cm³/mol. The minimum atomic E-state index is -0.296. The van der Waals surface area contributed by atoms with Gasteiger partial charge < -0.3 is 10.6 Å². The number of rotatable bonds is 7. The molecule has 0 bridgehead atoms. The lowest BCUT2D eigenvalue weighted by Crippen LogP contribution is -2.34. The first-order valence-corrected chi connectivity index (χ1v) is 8.36. The van der Waals surface area contributed by atoms with E-state index in [4.69, 9.17) is 23.2 Å². The summed E-state index contributed by atoms with van der Waals surface area (Å²) in [7, 11) is 0. The second-order valence-corrected chi connectivity index (χ2v) is 6.06. The SMILES string of the molecule is O=C(CCc1ccccc1)NCCNC(=O)c1ccc(Cl)cc1Cl. The van der Waals surface area contributed by atoms with Crippen LogP contribution < -0.4 is 10.6 Å². The maximum atomic E-state index is 12.0. The molecule has 24 heavy (non-hydrogen) atoms. The quantitative estimate of drug-likeness (QED) is 0.739. The molecule has 126 valence electrons. The van der Waals surface area contributed by atoms with Gasteiger partial charge in [-0.3, -0.25) is 9.59 Å². The first kappa shape index (κ1) is 18.3. The van der Waals surface area contributed by atoms with E-state index in [1.165, 1.54) is 6.07 Å². The minimum Gasteiger partial charge on any atom is -0.354 e. The van der Waals surface area contributed by atoms with Gasteiger partial charge in [-0.15, -0.1) is 0 Å². The molecule has 2 rings (SSSR count). The monoisotopic (exact) mass is 364 g/mol. The summed E-state index contributed by atoms with van der Waals surface area (Å²) in [5.74, 6) is -0.340. The molecule has 0 heterocycles. The number of amides is 2. The van der Waals surface area contributed by atoms with Gasteiger partial charge in [0.1, 0.15) is 0 Å². The van der Waals surface area contributed by atoms with Crippen LogP contribution in [0.15, 0.2) is 48.5 Å². The Labute approximate surface area is 151 Å². The molecule has 0 aliphatic carbocycles. The zero-order valence-corrected chi connectivity index (χ0v) is 14.5. The molecule has 2 aromatic carbocycles. The van der Waals surface area contributed by atoms with Crippen molar-refractivity contribution in [2.24, 2.45) is 0 Å². The highest BCUT2D eigenvalue weighted by Crippen LogP contribution is 2.20. The van der Waals surface area contributed by atoms with E-state index in [2.05, 4.69) is 10.6 Å². The lowest BCUT2D eigenvalue weighted by Gasteiger charge is -2.08. The predicted octanol–water partition coefficient (Wildman–Crippen LogP) is 3.47. The largest absolute Gasteiger partial charge is 0.354 e. The molecule has 4 nitrogen and oxygen atoms in total. The highest BCUT2D eigenvalue weighted by Gasteiger charge is 2.10. The van der Waals surface area contributed by atoms with Crippen LogP contribution in [-0.2, 0) is 11.2 Å². The van der Waals surface area contributed by atoms with Crippen LogP contribution in [0, 0.1) is 0 Å². The Kier molecular flexibility index (Phi) is 7.09. The Morgan fingerprint density at radius 2 is 1.62 bits per heavy atom. The van der Waals surface area contributed by atoms with Gasteiger partial charge in [-0.1, -0.05) is 53.5 Å². The van der Waals surface area contributed by atoms with Crippen LogP contribution in [-0.4, -0.2) is 24.9 Å². The number of hydrogen-bond acceptors (Lipinski definition) is 2. The molecular weight excluding hydrogens is 347 g/mol. The van der Waals surface area contributed by atoms with Gasteiger partial charge in [-0.2, -0.15) is 0 Å². The Balaban J connectivity index is 1.67. The van der Waals surface area contributed by atoms with E-state index < -0.39 is 0 Å². The van der Waals surface area contributed by atoms with Gasteiger partial charge in [0.25, 0.3) is 5.91 Å². The molecule has 0 fully saturated rings. The molecule has 0 radical (unpaired) electrons. The average Bonchev–Trinajstić information content (AvgIpc) is 2.57. The van der Waals surface area contributed by atoms with Crippen LogP contribution in [0.1, 0.15) is 22.3 Å². The third-order valence-electron chi connectivity index (χ3n) is 3.39. The maximum absolute atomic E-state index is 12.0. The van der Waals surface area contributed by atoms with Gasteiger partial charge in [0.05, 0.1) is 10.6 Å². The number of carbonyl (C=O) groups excluding carboxylic acids is 2. The van der Waals surface area contributed by atoms with Crippen molar-refractivity contribution in [1.29, 1.82) is 0 Å². The second kappa shape index (κ2) is 9.30. The molecule has 0 aliphatic heterocycles. The van der Waals surface area contributed by atoms with Gasteiger partial charge in [0.15, 0.2) is 0 Å². The van der Waals surface area contributed by atoms with Gasteiger partial charge in [0.2, 0.25) is 5.91 Å². The van der Waals surface area contributed by atoms with Crippen LogP contribution in [0.2, 0.25) is 10.0 Å². The number of nitrogens with one attached hydrogen (secondary N) is 2. The summed E-state index contributed by atoms with van der Waals surface area (Å²) in [6.45, 7) is 0.694. The van der Waals surface area contributed by atoms with Crippen LogP contribution in [0.3, 0.4) is 0 Å². The summed E-state index contributed by atoms with van der Waals surface area (Å²) < 4.78 is 0. The summed E-state index contributed by atoms with van der Waals surface area (Å²) in [5, 5.41) is 6.26. The average molecular weight is 365 g/mol. The molecule has 0 saturated heterocycles. The maximum Gasteiger partial charge on any atom is 0.252 e. The van der Waals surface area contributed by atoms with E-state index in [0.29, 0.717) is 41.5 Å². The highest BCUT2D eigenvalue weighted by atomic mass is 35.5. The van der Waals surface area contributed by atoms with Crippen molar-refractivity contribution in [3.05, 3.63) is 69.7 Å². The van der Waals surface area contributed by atoms with Gasteiger partial charge >= 0.3 is 0 Å². The van der Waals surface area contributed by atoms with Crippen LogP contribution in [0.5, 0.6) is 0 Å². The fourth-order valence-electron chi connectivity index (χ4n) is 2.14. The molecule has 0 saturated carbocycles. The number of halogens is 2. The Hall–Kier alpha value is -2.04. The first-order chi connectivity index (χ1) is 11.6. The summed E-state index contributed by atoms with van der Waals surface area (Å²) in [6.07, 6.45) is 1.11. The van der Waals surface area contributed by atoms with Gasteiger partial charge in [0, 0.05) is 24.5 Å². The van der Waals surface area contributed by atoms with Crippen LogP contribution in [0.25, 0.3) is 0 Å². The fourth-order valence-corrected chi connectivity index (χ4v) is 2.63. The van der Waals surface area contributed by atoms with E-state index in [1.807, 2.05) is 30.3 Å². The summed E-state index contributed by atoms with van der Waals surface area (Å²) in [6, 6.07) is 14.5. The standard InChI is InChI=1S/C18H18Cl2N2O2/c19-14-7-8-15(16(20)12-14)18(24)22-11-10-21-17(23)9-6-13-4-2-1-3-5-13/h1-5,7-8,12H,6,9-11H2,(H,21,23)(H,22,24). The molecule has 2 N–H and O–H groups in total. The van der Waals surface area contributed by atoms with Gasteiger partial charge in [-0.05, 0) is 30.2 Å². The Bertz CT molecular complexity index is 705. The third kappa shape index (κ3) is 5.87. The zero-order chi connectivity index (χ0) is 17.4. The van der Waals surface area contributed by atoms with E-state index in [-0.39, 0.29) is 11.8 Å². The Morgan fingerprint density at radius 1 is 0.917 bits per heavy atom. The van der Waals surface area contributed by atoms with E-state index in [9.17, 15) is 9.59 Å². The molecule has 2 aromatic rings. The second-order valence-electron chi connectivity index (χ2n) is 5.22. The summed E-state index contributed by atoms with van der Waals surface area (Å²) in [5.41, 5.74) is 1.48. The highest BCUT2D eigenvalue weighted by molar-refractivity contribution is 6.36. The van der Waals surface area contributed by atoms with Crippen molar-refractivity contribution >= 4 is 35.0 Å². The van der Waals surface area contributed by atoms with Crippen molar-refractivity contribution in [3.63, 3.8) is 0 Å². The lowest BCUT2D eigenvalue weighted by molar-refractivity contribution is -0.121. The minimum absolute atomic E-state index is 0.0439. The zero-order valence-electron chi connectivity index (χ0n) is 13.0. The van der Waals surface area contributed by atoms with E-state index in [0.717, 1.165) is 5.56 Å². The first-order valence-electron chi connectivity index (χ1n) is 7.60. The van der Waals surface area contributed by atoms with Crippen molar-refractivity contribution in [2.45, 2.75) is 12.8 Å². The number of hydrogen-bond donors (Lipinski definition) is 2. The van der Waals surface area contributed by atoms with E-state index >= 15 is 0 Å². The molecule has 0 aromatic heterocycles. The smallest absolute Gasteiger partial charge is 0.252 e. The third-order valence-corrected chi connectivity index (χ3v) is 3.94. The van der Waals surface area contributed by atoms with Crippen molar-refractivity contribution in [2.75, 3.05) is 13.1 Å². The molecular formula is C18H18Cl2N2O2. The van der Waals surface area contributed by atoms with Gasteiger partial charge in [-0.25, -0.2) is 0 Å². The topological polar surface area (TPSA) is 58.2 Å². The molecule has 0 aliphatic rings. The number of aryl methyl sites for hydroxylation is 1. The van der Waals surface area contributed by atoms with Crippen LogP contribution >= 0.6 is 23.2 Å². The Morgan fingerprint density at radius 3 is 2.33 bits per heavy atom. The molecule has 6 heteroatoms. The van der Waals surface area contributed by atoms with Crippen LogP contribution in [0.4, 0.5) is 0 Å². The lowest BCUT2D eigenvalue weighted by atomic mass is 10.1. The fraction of sp³-hybridized carbons (Fsp3) is 0.222. The summed E-state index contributed by atoms with van der Waals surface area (Å²) in [4.78, 5) is 23.7. The van der Waals surface area contributed by atoms with E-state index in [1.54, 1.807) is 12.1 Å². The summed E-state index contributed by atoms with van der Waals surface area (Å²) >= 11 is 11.8. The van der Waals surface area contributed by atoms with Crippen molar-refractivity contribution in [1.82, 2.24) is 10.6 Å². The van der Waals surface area contributed by atoms with Crippen molar-refractivity contribution in [3.8, 4) is 0 Å². The number of carbonyl (C=O) groups is 2. The molecule has 0 atom stereocenters. The normalized spacial score (nSPS) is 10.2.